The van der Waals surface area contributed by atoms with Crippen LogP contribution in [0.25, 0.3) is 11.0 Å². The predicted octanol–water partition coefficient (Wildman–Crippen LogP) is 3.78. The molecule has 6 heteroatoms. The van der Waals surface area contributed by atoms with Crippen LogP contribution >= 0.6 is 0 Å². The molecular weight excluding hydrogens is 378 g/mol. The summed E-state index contributed by atoms with van der Waals surface area (Å²) in [7, 11) is 1.86. The van der Waals surface area contributed by atoms with Crippen molar-refractivity contribution in [3.8, 4) is 0 Å². The smallest absolute Gasteiger partial charge is 0.291 e. The number of likely N-dealkylation sites (N-methyl/N-ethyl adjacent to an activating group) is 1. The third-order valence-electron chi connectivity index (χ3n) is 5.59. The second-order valence-electron chi connectivity index (χ2n) is 7.84. The van der Waals surface area contributed by atoms with Crippen LogP contribution < -0.4 is 5.32 Å². The standard InChI is InChI=1S/C24H27N3O3/c1-26(14-15-27-12-4-5-13-27)23(28)16-18-8-10-20(11-9-18)25-24(29)22-17-19-6-2-3-7-21(19)30-22/h2-3,6-11,17H,4-5,12-16H2,1H3,(H,25,29). The van der Waals surface area contributed by atoms with E-state index in [1.807, 2.05) is 55.6 Å². The van der Waals surface area contributed by atoms with Gasteiger partial charge in [-0.25, -0.2) is 0 Å². The molecule has 0 spiro atoms. The van der Waals surface area contributed by atoms with E-state index in [2.05, 4.69) is 10.2 Å². The zero-order valence-corrected chi connectivity index (χ0v) is 17.3. The van der Waals surface area contributed by atoms with E-state index in [0.717, 1.165) is 37.1 Å². The summed E-state index contributed by atoms with van der Waals surface area (Å²) in [6.07, 6.45) is 2.88. The van der Waals surface area contributed by atoms with Gasteiger partial charge in [-0.15, -0.1) is 0 Å². The number of anilines is 1. The van der Waals surface area contributed by atoms with Crippen LogP contribution in [0.15, 0.2) is 59.0 Å². The first-order valence-corrected chi connectivity index (χ1v) is 10.4. The number of furan rings is 1. The van der Waals surface area contributed by atoms with E-state index in [-0.39, 0.29) is 17.6 Å². The maximum atomic E-state index is 12.5. The van der Waals surface area contributed by atoms with E-state index in [9.17, 15) is 9.59 Å². The first kappa shape index (κ1) is 20.2. The molecule has 1 N–H and O–H groups in total. The minimum Gasteiger partial charge on any atom is -0.451 e. The molecule has 1 aromatic heterocycles. The van der Waals surface area contributed by atoms with Crippen molar-refractivity contribution in [1.29, 1.82) is 0 Å². The van der Waals surface area contributed by atoms with Gasteiger partial charge in [0.2, 0.25) is 5.91 Å². The molecule has 2 amide bonds. The summed E-state index contributed by atoms with van der Waals surface area (Å²) in [5.74, 6) is 0.0833. The number of hydrogen-bond donors (Lipinski definition) is 1. The summed E-state index contributed by atoms with van der Waals surface area (Å²) in [6.45, 7) is 3.98. The average molecular weight is 405 g/mol. The minimum atomic E-state index is -0.295. The Morgan fingerprint density at radius 2 is 1.80 bits per heavy atom. The lowest BCUT2D eigenvalue weighted by atomic mass is 10.1. The Bertz CT molecular complexity index is 987. The monoisotopic (exact) mass is 405 g/mol. The van der Waals surface area contributed by atoms with Gasteiger partial charge >= 0.3 is 0 Å². The molecule has 1 fully saturated rings. The van der Waals surface area contributed by atoms with Crippen molar-refractivity contribution in [2.45, 2.75) is 19.3 Å². The van der Waals surface area contributed by atoms with E-state index in [0.29, 0.717) is 17.7 Å². The molecule has 2 aromatic carbocycles. The van der Waals surface area contributed by atoms with E-state index in [4.69, 9.17) is 4.42 Å². The van der Waals surface area contributed by atoms with Gasteiger partial charge in [-0.05, 0) is 55.8 Å². The number of likely N-dealkylation sites (tertiary alicyclic amines) is 1. The Balaban J connectivity index is 1.29. The molecule has 2 heterocycles. The fraction of sp³-hybridized carbons (Fsp3) is 0.333. The predicted molar refractivity (Wildman–Crippen MR) is 118 cm³/mol. The molecule has 1 saturated heterocycles. The summed E-state index contributed by atoms with van der Waals surface area (Å²) < 4.78 is 5.60. The van der Waals surface area contributed by atoms with E-state index < -0.39 is 0 Å². The second kappa shape index (κ2) is 9.13. The lowest BCUT2D eigenvalue weighted by Crippen LogP contribution is -2.35. The number of para-hydroxylation sites is 1. The first-order valence-electron chi connectivity index (χ1n) is 10.4. The molecule has 6 nitrogen and oxygen atoms in total. The topological polar surface area (TPSA) is 65.8 Å². The number of nitrogens with one attached hydrogen (secondary N) is 1. The molecule has 0 bridgehead atoms. The second-order valence-corrected chi connectivity index (χ2v) is 7.84. The molecular formula is C24H27N3O3. The Morgan fingerprint density at radius 3 is 2.53 bits per heavy atom. The van der Waals surface area contributed by atoms with Crippen LogP contribution in [0.2, 0.25) is 0 Å². The summed E-state index contributed by atoms with van der Waals surface area (Å²) >= 11 is 0. The molecule has 0 saturated carbocycles. The number of carbonyl (C=O) groups excluding carboxylic acids is 2. The van der Waals surface area contributed by atoms with Crippen LogP contribution in [0.5, 0.6) is 0 Å². The van der Waals surface area contributed by atoms with Gasteiger partial charge in [0, 0.05) is 31.2 Å². The molecule has 0 radical (unpaired) electrons. The summed E-state index contributed by atoms with van der Waals surface area (Å²) in [6, 6.07) is 16.6. The minimum absolute atomic E-state index is 0.105. The van der Waals surface area contributed by atoms with Gasteiger partial charge in [-0.2, -0.15) is 0 Å². The summed E-state index contributed by atoms with van der Waals surface area (Å²) in [5, 5.41) is 3.73. The van der Waals surface area contributed by atoms with Gasteiger partial charge in [0.1, 0.15) is 5.58 Å². The highest BCUT2D eigenvalue weighted by atomic mass is 16.3. The molecule has 30 heavy (non-hydrogen) atoms. The van der Waals surface area contributed by atoms with Crippen LogP contribution in [0.1, 0.15) is 29.0 Å². The summed E-state index contributed by atoms with van der Waals surface area (Å²) in [4.78, 5) is 29.1. The summed E-state index contributed by atoms with van der Waals surface area (Å²) in [5.41, 5.74) is 2.28. The molecule has 0 atom stereocenters. The highest BCUT2D eigenvalue weighted by Crippen LogP contribution is 2.20. The van der Waals surface area contributed by atoms with Crippen LogP contribution in [0.3, 0.4) is 0 Å². The molecule has 0 unspecified atom stereocenters. The largest absolute Gasteiger partial charge is 0.451 e. The molecule has 1 aliphatic heterocycles. The van der Waals surface area contributed by atoms with Crippen molar-refractivity contribution < 1.29 is 14.0 Å². The van der Waals surface area contributed by atoms with Gasteiger partial charge in [0.15, 0.2) is 5.76 Å². The molecule has 1 aliphatic rings. The number of carbonyl (C=O) groups is 2. The van der Waals surface area contributed by atoms with Gasteiger partial charge in [0.05, 0.1) is 6.42 Å². The van der Waals surface area contributed by atoms with E-state index in [1.165, 1.54) is 12.8 Å². The van der Waals surface area contributed by atoms with Crippen LogP contribution in [0, 0.1) is 0 Å². The first-order chi connectivity index (χ1) is 14.6. The highest BCUT2D eigenvalue weighted by Gasteiger charge is 2.15. The Labute approximate surface area is 176 Å². The lowest BCUT2D eigenvalue weighted by molar-refractivity contribution is -0.129. The van der Waals surface area contributed by atoms with Crippen molar-refractivity contribution >= 4 is 28.5 Å². The number of fused-ring (bicyclic) bond motifs is 1. The van der Waals surface area contributed by atoms with Gasteiger partial charge in [-0.1, -0.05) is 30.3 Å². The maximum absolute atomic E-state index is 12.5. The van der Waals surface area contributed by atoms with Crippen molar-refractivity contribution in [3.63, 3.8) is 0 Å². The van der Waals surface area contributed by atoms with Crippen molar-refractivity contribution in [1.82, 2.24) is 9.80 Å². The lowest BCUT2D eigenvalue weighted by Gasteiger charge is -2.21. The number of benzene rings is 2. The fourth-order valence-corrected chi connectivity index (χ4v) is 3.72. The Kier molecular flexibility index (Phi) is 6.14. The van der Waals surface area contributed by atoms with Gasteiger partial charge in [0.25, 0.3) is 5.91 Å². The number of hydrogen-bond acceptors (Lipinski definition) is 4. The van der Waals surface area contributed by atoms with Crippen molar-refractivity contribution in [2.24, 2.45) is 0 Å². The van der Waals surface area contributed by atoms with Crippen molar-refractivity contribution in [2.75, 3.05) is 38.5 Å². The number of amides is 2. The fourth-order valence-electron chi connectivity index (χ4n) is 3.72. The van der Waals surface area contributed by atoms with E-state index >= 15 is 0 Å². The third-order valence-corrected chi connectivity index (χ3v) is 5.59. The normalized spacial score (nSPS) is 14.2. The highest BCUT2D eigenvalue weighted by molar-refractivity contribution is 6.04. The maximum Gasteiger partial charge on any atom is 0.291 e. The van der Waals surface area contributed by atoms with E-state index in [1.54, 1.807) is 11.0 Å². The average Bonchev–Trinajstić information content (AvgIpc) is 3.43. The molecule has 0 aliphatic carbocycles. The van der Waals surface area contributed by atoms with Crippen LogP contribution in [-0.4, -0.2) is 54.8 Å². The SMILES string of the molecule is CN(CCN1CCCC1)C(=O)Cc1ccc(NC(=O)c2cc3ccccc3o2)cc1. The molecule has 156 valence electrons. The molecule has 4 rings (SSSR count). The number of rotatable bonds is 7. The quantitative estimate of drug-likeness (QED) is 0.650. The zero-order valence-electron chi connectivity index (χ0n) is 17.3. The Hall–Kier alpha value is -3.12. The zero-order chi connectivity index (χ0) is 20.9. The Morgan fingerprint density at radius 1 is 1.07 bits per heavy atom. The van der Waals surface area contributed by atoms with Crippen molar-refractivity contribution in [3.05, 3.63) is 65.9 Å². The van der Waals surface area contributed by atoms with Gasteiger partial charge < -0.3 is 19.5 Å². The molecule has 3 aromatic rings. The van der Waals surface area contributed by atoms with Gasteiger partial charge in [-0.3, -0.25) is 9.59 Å². The number of nitrogens with zero attached hydrogens (tertiary/aromatic N) is 2. The van der Waals surface area contributed by atoms with Crippen LogP contribution in [0.4, 0.5) is 5.69 Å². The third kappa shape index (κ3) is 4.89. The van der Waals surface area contributed by atoms with Crippen LogP contribution in [-0.2, 0) is 11.2 Å².